The summed E-state index contributed by atoms with van der Waals surface area (Å²) in [6.45, 7) is 3.86. The van der Waals surface area contributed by atoms with E-state index in [9.17, 15) is 9.90 Å². The molecule has 1 saturated carbocycles. The lowest BCUT2D eigenvalue weighted by Gasteiger charge is -2.21. The summed E-state index contributed by atoms with van der Waals surface area (Å²) >= 11 is 0. The second kappa shape index (κ2) is 4.34. The largest absolute Gasteiger partial charge is 0.388 e. The number of hydrogen-bond donors (Lipinski definition) is 2. The molecule has 1 unspecified atom stereocenters. The topological polar surface area (TPSA) is 49.3 Å². The molecule has 2 N–H and O–H groups in total. The minimum absolute atomic E-state index is 0.0370. The highest BCUT2D eigenvalue weighted by molar-refractivity contribution is 6.05. The van der Waals surface area contributed by atoms with Crippen LogP contribution in [-0.2, 0) is 10.2 Å². The van der Waals surface area contributed by atoms with Crippen molar-refractivity contribution in [1.82, 2.24) is 0 Å². The van der Waals surface area contributed by atoms with Crippen LogP contribution in [0.1, 0.15) is 56.8 Å². The SMILES string of the molecule is CC1(C)C(=O)Nc2ccc(C(O)C3CCCC3)cc21. The first-order valence-electron chi connectivity index (χ1n) is 7.14. The number of benzene rings is 1. The predicted molar refractivity (Wildman–Crippen MR) is 75.0 cm³/mol. The molecular formula is C16H21NO2. The zero-order valence-corrected chi connectivity index (χ0v) is 11.6. The lowest BCUT2D eigenvalue weighted by molar-refractivity contribution is -0.119. The molecular weight excluding hydrogens is 238 g/mol. The first kappa shape index (κ1) is 12.7. The number of aliphatic hydroxyl groups excluding tert-OH is 1. The number of nitrogens with one attached hydrogen (secondary N) is 1. The van der Waals surface area contributed by atoms with Crippen LogP contribution in [0.2, 0.25) is 0 Å². The highest BCUT2D eigenvalue weighted by Gasteiger charge is 2.39. The molecule has 1 atom stereocenters. The van der Waals surface area contributed by atoms with Crippen LogP contribution in [0.15, 0.2) is 18.2 Å². The third-order valence-electron chi connectivity index (χ3n) is 4.72. The van der Waals surface area contributed by atoms with Crippen molar-refractivity contribution in [3.05, 3.63) is 29.3 Å². The van der Waals surface area contributed by atoms with Crippen LogP contribution in [-0.4, -0.2) is 11.0 Å². The Morgan fingerprint density at radius 2 is 2.00 bits per heavy atom. The van der Waals surface area contributed by atoms with Gasteiger partial charge in [-0.1, -0.05) is 25.0 Å². The van der Waals surface area contributed by atoms with E-state index in [1.165, 1.54) is 12.8 Å². The van der Waals surface area contributed by atoms with Gasteiger partial charge < -0.3 is 10.4 Å². The summed E-state index contributed by atoms with van der Waals surface area (Å²) in [5.74, 6) is 0.418. The Kier molecular flexibility index (Phi) is 2.90. The summed E-state index contributed by atoms with van der Waals surface area (Å²) in [4.78, 5) is 11.9. The number of anilines is 1. The number of carbonyl (C=O) groups is 1. The molecule has 102 valence electrons. The number of hydrogen-bond acceptors (Lipinski definition) is 2. The van der Waals surface area contributed by atoms with Gasteiger partial charge >= 0.3 is 0 Å². The van der Waals surface area contributed by atoms with Crippen molar-refractivity contribution < 1.29 is 9.90 Å². The van der Waals surface area contributed by atoms with Gasteiger partial charge in [-0.15, -0.1) is 0 Å². The Morgan fingerprint density at radius 3 is 2.68 bits per heavy atom. The predicted octanol–water partition coefficient (Wildman–Crippen LogP) is 3.14. The van der Waals surface area contributed by atoms with E-state index >= 15 is 0 Å². The minimum Gasteiger partial charge on any atom is -0.388 e. The van der Waals surface area contributed by atoms with Crippen LogP contribution in [0.4, 0.5) is 5.69 Å². The number of aliphatic hydroxyl groups is 1. The van der Waals surface area contributed by atoms with Crippen molar-refractivity contribution in [3.8, 4) is 0 Å². The lowest BCUT2D eigenvalue weighted by atomic mass is 9.83. The monoisotopic (exact) mass is 259 g/mol. The Bertz CT molecular complexity index is 515. The zero-order chi connectivity index (χ0) is 13.6. The second-order valence-electron chi connectivity index (χ2n) is 6.37. The standard InChI is InChI=1S/C16H21NO2/c1-16(2)12-9-11(7-8-13(12)17-15(16)19)14(18)10-5-3-4-6-10/h7-10,14,18H,3-6H2,1-2H3,(H,17,19). The molecule has 1 aromatic carbocycles. The molecule has 3 nitrogen and oxygen atoms in total. The Labute approximate surface area is 114 Å². The normalized spacial score (nSPS) is 23.2. The van der Waals surface area contributed by atoms with Gasteiger partial charge in [0.05, 0.1) is 11.5 Å². The van der Waals surface area contributed by atoms with E-state index in [0.29, 0.717) is 5.92 Å². The van der Waals surface area contributed by atoms with Gasteiger partial charge in [0.1, 0.15) is 0 Å². The first-order chi connectivity index (χ1) is 9.00. The molecule has 1 aliphatic carbocycles. The molecule has 2 aliphatic rings. The molecule has 0 aromatic heterocycles. The summed E-state index contributed by atoms with van der Waals surface area (Å²) in [6, 6.07) is 5.88. The third-order valence-corrected chi connectivity index (χ3v) is 4.72. The molecule has 19 heavy (non-hydrogen) atoms. The van der Waals surface area contributed by atoms with Crippen LogP contribution in [0.25, 0.3) is 0 Å². The quantitative estimate of drug-likeness (QED) is 0.857. The molecule has 1 amide bonds. The first-order valence-corrected chi connectivity index (χ1v) is 7.14. The van der Waals surface area contributed by atoms with Gasteiger partial charge in [-0.3, -0.25) is 4.79 Å². The molecule has 0 spiro atoms. The smallest absolute Gasteiger partial charge is 0.234 e. The fourth-order valence-electron chi connectivity index (χ4n) is 3.32. The zero-order valence-electron chi connectivity index (χ0n) is 11.6. The maximum absolute atomic E-state index is 11.9. The Morgan fingerprint density at radius 1 is 1.32 bits per heavy atom. The van der Waals surface area contributed by atoms with Gasteiger partial charge in [0, 0.05) is 5.69 Å². The summed E-state index contributed by atoms with van der Waals surface area (Å²) < 4.78 is 0. The summed E-state index contributed by atoms with van der Waals surface area (Å²) in [5, 5.41) is 13.4. The Balaban J connectivity index is 1.94. The Hall–Kier alpha value is -1.35. The van der Waals surface area contributed by atoms with Gasteiger partial charge in [-0.05, 0) is 49.8 Å². The number of rotatable bonds is 2. The fraction of sp³-hybridized carbons (Fsp3) is 0.562. The van der Waals surface area contributed by atoms with E-state index in [2.05, 4.69) is 5.32 Å². The van der Waals surface area contributed by atoms with Gasteiger partial charge in [0.25, 0.3) is 0 Å². The van der Waals surface area contributed by atoms with Crippen LogP contribution in [0.5, 0.6) is 0 Å². The molecule has 3 rings (SSSR count). The van der Waals surface area contributed by atoms with Gasteiger partial charge in [-0.25, -0.2) is 0 Å². The fourth-order valence-corrected chi connectivity index (χ4v) is 3.32. The van der Waals surface area contributed by atoms with Gasteiger partial charge in [-0.2, -0.15) is 0 Å². The number of amides is 1. The van der Waals surface area contributed by atoms with E-state index < -0.39 is 5.41 Å². The molecule has 1 aliphatic heterocycles. The highest BCUT2D eigenvalue weighted by atomic mass is 16.3. The van der Waals surface area contributed by atoms with Gasteiger partial charge in [0.15, 0.2) is 0 Å². The maximum atomic E-state index is 11.9. The van der Waals surface area contributed by atoms with Crippen molar-refractivity contribution in [2.24, 2.45) is 5.92 Å². The van der Waals surface area contributed by atoms with Crippen molar-refractivity contribution in [2.75, 3.05) is 5.32 Å². The molecule has 0 radical (unpaired) electrons. The molecule has 1 aromatic rings. The van der Waals surface area contributed by atoms with E-state index in [0.717, 1.165) is 29.7 Å². The highest BCUT2D eigenvalue weighted by Crippen LogP contribution is 2.41. The summed E-state index contributed by atoms with van der Waals surface area (Å²) in [7, 11) is 0. The summed E-state index contributed by atoms with van der Waals surface area (Å²) in [5.41, 5.74) is 2.35. The molecule has 3 heteroatoms. The third kappa shape index (κ3) is 1.96. The molecule has 0 bridgehead atoms. The average Bonchev–Trinajstić information content (AvgIpc) is 2.98. The van der Waals surface area contributed by atoms with Crippen molar-refractivity contribution in [1.29, 1.82) is 0 Å². The van der Waals surface area contributed by atoms with Crippen molar-refractivity contribution >= 4 is 11.6 Å². The maximum Gasteiger partial charge on any atom is 0.234 e. The van der Waals surface area contributed by atoms with Gasteiger partial charge in [0.2, 0.25) is 5.91 Å². The molecule has 1 fully saturated rings. The van der Waals surface area contributed by atoms with Crippen LogP contribution in [0, 0.1) is 5.92 Å². The minimum atomic E-state index is -0.499. The van der Waals surface area contributed by atoms with Crippen LogP contribution in [0.3, 0.4) is 0 Å². The van der Waals surface area contributed by atoms with E-state index in [1.807, 2.05) is 32.0 Å². The lowest BCUT2D eigenvalue weighted by Crippen LogP contribution is -2.27. The molecule has 0 saturated heterocycles. The number of carbonyl (C=O) groups excluding carboxylic acids is 1. The second-order valence-corrected chi connectivity index (χ2v) is 6.37. The van der Waals surface area contributed by atoms with Crippen LogP contribution >= 0.6 is 0 Å². The summed E-state index contributed by atoms with van der Waals surface area (Å²) in [6.07, 6.45) is 4.27. The van der Waals surface area contributed by atoms with Crippen LogP contribution < -0.4 is 5.32 Å². The van der Waals surface area contributed by atoms with Crippen molar-refractivity contribution in [3.63, 3.8) is 0 Å². The van der Waals surface area contributed by atoms with Crippen molar-refractivity contribution in [2.45, 2.75) is 51.0 Å². The molecule has 1 heterocycles. The van der Waals surface area contributed by atoms with E-state index in [4.69, 9.17) is 0 Å². The van der Waals surface area contributed by atoms with E-state index in [-0.39, 0.29) is 12.0 Å². The van der Waals surface area contributed by atoms with E-state index in [1.54, 1.807) is 0 Å². The number of fused-ring (bicyclic) bond motifs is 1. The average molecular weight is 259 g/mol.